The second-order valence-corrected chi connectivity index (χ2v) is 11.7. The van der Waals surface area contributed by atoms with E-state index in [4.69, 9.17) is 16.6 Å². The number of para-hydroxylation sites is 1. The normalized spacial score (nSPS) is 15.2. The van der Waals surface area contributed by atoms with E-state index in [1.807, 2.05) is 0 Å². The molecule has 1 aliphatic heterocycles. The van der Waals surface area contributed by atoms with Crippen LogP contribution in [0, 0.1) is 0 Å². The zero-order chi connectivity index (χ0) is 24.0. The maximum atomic E-state index is 13.0. The average Bonchev–Trinajstić information content (AvgIpc) is 3.40. The summed E-state index contributed by atoms with van der Waals surface area (Å²) >= 11 is 1.24. The van der Waals surface area contributed by atoms with E-state index in [0.29, 0.717) is 16.2 Å². The number of anilines is 1. The fraction of sp³-hybridized carbons (Fsp3) is 0.222. The number of azo groups is 1. The lowest BCUT2D eigenvalue weighted by Gasteiger charge is -2.18. The summed E-state index contributed by atoms with van der Waals surface area (Å²) in [5.74, 6) is -0.887. The van der Waals surface area contributed by atoms with Gasteiger partial charge in [-0.05, 0) is 17.7 Å². The number of nitrogen functional groups attached to an aromatic ring is 1. The minimum absolute atomic E-state index is 0.0600. The van der Waals surface area contributed by atoms with E-state index < -0.39 is 41.5 Å². The first-order chi connectivity index (χ1) is 15.5. The average molecular weight is 510 g/mol. The number of rotatable bonds is 7. The first-order valence-electron chi connectivity index (χ1n) is 9.41. The molecule has 0 fully saturated rings. The zero-order valence-corrected chi connectivity index (χ0v) is 19.4. The van der Waals surface area contributed by atoms with E-state index in [-0.39, 0.29) is 30.2 Å². The number of thiazole rings is 1. The van der Waals surface area contributed by atoms with Gasteiger partial charge in [0.2, 0.25) is 10.0 Å². The molecule has 0 unspecified atom stereocenters. The molecule has 0 saturated heterocycles. The Morgan fingerprint density at radius 3 is 2.52 bits per heavy atom. The molecule has 0 saturated carbocycles. The fourth-order valence-corrected chi connectivity index (χ4v) is 7.30. The predicted molar refractivity (Wildman–Crippen MR) is 124 cm³/mol. The topological polar surface area (TPSA) is 217 Å². The molecule has 1 aromatic heterocycles. The van der Waals surface area contributed by atoms with Crippen LogP contribution in [0.4, 0.5) is 5.13 Å². The summed E-state index contributed by atoms with van der Waals surface area (Å²) in [4.78, 5) is 7.15. The number of sulfonamides is 1. The van der Waals surface area contributed by atoms with Gasteiger partial charge in [-0.1, -0.05) is 29.5 Å². The van der Waals surface area contributed by atoms with Crippen molar-refractivity contribution >= 4 is 52.4 Å². The van der Waals surface area contributed by atoms with Crippen LogP contribution in [0.25, 0.3) is 21.3 Å². The highest BCUT2D eigenvalue weighted by atomic mass is 32.2. The third kappa shape index (κ3) is 4.38. The number of hydrogen-bond acceptors (Lipinski definition) is 12. The number of aromatic nitrogens is 1. The number of benzene rings is 2. The summed E-state index contributed by atoms with van der Waals surface area (Å²) in [5, 5.41) is 23.3. The maximum Gasteiger partial charge on any atom is 0.240 e. The summed E-state index contributed by atoms with van der Waals surface area (Å²) in [6.07, 6.45) is -1.40. The highest BCUT2D eigenvalue weighted by molar-refractivity contribution is 7.93. The van der Waals surface area contributed by atoms with Gasteiger partial charge in [-0.25, -0.2) is 32.0 Å². The lowest BCUT2D eigenvalue weighted by Crippen LogP contribution is -2.30. The van der Waals surface area contributed by atoms with Crippen molar-refractivity contribution in [1.29, 1.82) is 0 Å². The maximum absolute atomic E-state index is 13.0. The lowest BCUT2D eigenvalue weighted by atomic mass is 9.98. The molecule has 174 valence electrons. The quantitative estimate of drug-likeness (QED) is 0.350. The largest absolute Gasteiger partial charge is 0.391 e. The van der Waals surface area contributed by atoms with Gasteiger partial charge in [-0.3, -0.25) is 0 Å². The van der Waals surface area contributed by atoms with Gasteiger partial charge in [0.05, 0.1) is 32.5 Å². The molecule has 0 aliphatic carbocycles. The molecule has 3 aromatic rings. The van der Waals surface area contributed by atoms with Gasteiger partial charge < -0.3 is 16.6 Å². The third-order valence-electron chi connectivity index (χ3n) is 4.82. The monoisotopic (exact) mass is 509 g/mol. The number of aliphatic hydroxyl groups is 1. The summed E-state index contributed by atoms with van der Waals surface area (Å²) in [6.45, 7) is -0.390. The summed E-state index contributed by atoms with van der Waals surface area (Å²) < 4.78 is 52.3. The van der Waals surface area contributed by atoms with Gasteiger partial charge >= 0.3 is 0 Å². The van der Waals surface area contributed by atoms with Crippen LogP contribution in [0.1, 0.15) is 5.56 Å². The van der Waals surface area contributed by atoms with Crippen molar-refractivity contribution in [2.24, 2.45) is 26.1 Å². The molecular weight excluding hydrogens is 490 g/mol. The van der Waals surface area contributed by atoms with Crippen molar-refractivity contribution < 1.29 is 21.9 Å². The van der Waals surface area contributed by atoms with Crippen molar-refractivity contribution in [2.75, 3.05) is 24.7 Å². The Morgan fingerprint density at radius 1 is 1.12 bits per heavy atom. The molecule has 0 amide bonds. The van der Waals surface area contributed by atoms with Gasteiger partial charge in [0.15, 0.2) is 27.5 Å². The smallest absolute Gasteiger partial charge is 0.240 e. The number of aliphatic imine (C=N–C) groups is 1. The Kier molecular flexibility index (Phi) is 6.02. The standard InChI is InChI=1S/C18H19N7O5S3/c19-6-9(26)7-32(27,28)13-5-4-10(11-2-1-3-12-15(11)24-18(20)31-12)14(16(13)33(21,29)30)17-22-8-23-25-17/h1-5,9,26H,6-8,19H2,(H2,20,24)(H2,21,29,30)/t9-/m0/s1. The van der Waals surface area contributed by atoms with Crippen molar-refractivity contribution in [3.8, 4) is 11.1 Å². The van der Waals surface area contributed by atoms with Crippen LogP contribution in [-0.4, -0.2) is 57.8 Å². The molecule has 0 radical (unpaired) electrons. The van der Waals surface area contributed by atoms with Gasteiger partial charge in [0.1, 0.15) is 4.90 Å². The first-order valence-corrected chi connectivity index (χ1v) is 13.4. The van der Waals surface area contributed by atoms with Crippen molar-refractivity contribution in [1.82, 2.24) is 4.98 Å². The van der Waals surface area contributed by atoms with Crippen LogP contribution in [0.2, 0.25) is 0 Å². The van der Waals surface area contributed by atoms with E-state index in [2.05, 4.69) is 20.2 Å². The van der Waals surface area contributed by atoms with E-state index in [9.17, 15) is 21.9 Å². The van der Waals surface area contributed by atoms with Crippen molar-refractivity contribution in [3.63, 3.8) is 0 Å². The first kappa shape index (κ1) is 23.3. The molecule has 1 aliphatic rings. The predicted octanol–water partition coefficient (Wildman–Crippen LogP) is 0.456. The van der Waals surface area contributed by atoms with Gasteiger partial charge in [-0.2, -0.15) is 5.11 Å². The Hall–Kier alpha value is -2.82. The molecule has 2 aromatic carbocycles. The number of nitrogens with two attached hydrogens (primary N) is 3. The Balaban J connectivity index is 2.11. The van der Waals surface area contributed by atoms with Crippen LogP contribution in [0.5, 0.6) is 0 Å². The minimum atomic E-state index is -4.62. The number of hydrogen-bond donors (Lipinski definition) is 4. The Bertz CT molecular complexity index is 1530. The molecule has 4 rings (SSSR count). The van der Waals surface area contributed by atoms with Crippen molar-refractivity contribution in [3.05, 3.63) is 35.9 Å². The molecule has 2 heterocycles. The van der Waals surface area contributed by atoms with Crippen LogP contribution >= 0.6 is 11.3 Å². The molecule has 12 nitrogen and oxygen atoms in total. The van der Waals surface area contributed by atoms with E-state index in [0.717, 1.165) is 10.8 Å². The minimum Gasteiger partial charge on any atom is -0.391 e. The molecular formula is C18H19N7O5S3. The van der Waals surface area contributed by atoms with E-state index in [1.165, 1.54) is 17.4 Å². The molecule has 0 bridgehead atoms. The summed E-state index contributed by atoms with van der Waals surface area (Å²) in [7, 11) is -8.95. The lowest BCUT2D eigenvalue weighted by molar-refractivity contribution is 0.205. The number of amidine groups is 1. The van der Waals surface area contributed by atoms with Gasteiger partial charge in [0.25, 0.3) is 0 Å². The van der Waals surface area contributed by atoms with Gasteiger partial charge in [-0.15, -0.1) is 5.11 Å². The van der Waals surface area contributed by atoms with E-state index >= 15 is 0 Å². The summed E-state index contributed by atoms with van der Waals surface area (Å²) in [5.41, 5.74) is 12.3. The highest BCUT2D eigenvalue weighted by Gasteiger charge is 2.33. The molecule has 7 N–H and O–H groups in total. The second kappa shape index (κ2) is 8.51. The van der Waals surface area contributed by atoms with Crippen LogP contribution in [0.3, 0.4) is 0 Å². The van der Waals surface area contributed by atoms with Gasteiger partial charge in [0, 0.05) is 12.1 Å². The van der Waals surface area contributed by atoms with E-state index in [1.54, 1.807) is 18.2 Å². The number of sulfone groups is 1. The molecule has 1 atom stereocenters. The number of primary sulfonamides is 1. The summed E-state index contributed by atoms with van der Waals surface area (Å²) in [6, 6.07) is 7.76. The second-order valence-electron chi connectivity index (χ2n) is 7.10. The van der Waals surface area contributed by atoms with Crippen LogP contribution < -0.4 is 16.6 Å². The Labute approximate surface area is 192 Å². The Morgan fingerprint density at radius 2 is 1.88 bits per heavy atom. The fourth-order valence-electron chi connectivity index (χ4n) is 3.49. The van der Waals surface area contributed by atoms with Crippen LogP contribution in [0.15, 0.2) is 55.3 Å². The SMILES string of the molecule is NC[C@H](O)CS(=O)(=O)c1ccc(-c2cccc3sc(N)nc23)c(C2=NCN=N2)c1S(N)(=O)=O. The number of aliphatic hydroxyl groups excluding tert-OH is 1. The third-order valence-corrected chi connectivity index (χ3v) is 8.63. The molecule has 15 heteroatoms. The van der Waals surface area contributed by atoms with Crippen molar-refractivity contribution in [2.45, 2.75) is 15.9 Å². The number of nitrogens with zero attached hydrogens (tertiary/aromatic N) is 4. The zero-order valence-electron chi connectivity index (χ0n) is 16.9. The number of fused-ring (bicyclic) bond motifs is 1. The van der Waals surface area contributed by atoms with Crippen LogP contribution in [-0.2, 0) is 19.9 Å². The molecule has 33 heavy (non-hydrogen) atoms. The highest BCUT2D eigenvalue weighted by Crippen LogP contribution is 2.39. The molecule has 0 spiro atoms.